The SMILES string of the molecule is CC/C=C\C/C=C\C/C=C\C/C=C\C/C=C\C/C=C\CCC(=O)O[C@H](COCCCCCCCCCCCCCCCCCC)COC(=O)CCCCCCC/C=C\CCCC. The molecule has 5 nitrogen and oxygen atoms in total. The van der Waals surface area contributed by atoms with Crippen LogP contribution in [0.2, 0.25) is 0 Å². The molecule has 0 fully saturated rings. The Labute approximate surface area is 384 Å². The lowest BCUT2D eigenvalue weighted by molar-refractivity contribution is -0.162. The molecule has 0 rings (SSSR count). The molecule has 62 heavy (non-hydrogen) atoms. The van der Waals surface area contributed by atoms with Gasteiger partial charge in [-0.05, 0) is 77.0 Å². The summed E-state index contributed by atoms with van der Waals surface area (Å²) in [6, 6.07) is 0. The van der Waals surface area contributed by atoms with E-state index in [9.17, 15) is 9.59 Å². The standard InChI is InChI=1S/C57H98O5/c1-4-7-10-13-16-19-22-24-26-28-29-30-31-33-36-39-42-45-48-51-57(59)62-55(54-61-56(58)50-47-44-41-38-35-21-18-15-12-9-6-3)53-60-52-49-46-43-40-37-34-32-27-25-23-20-17-14-11-8-5-2/h7,10,15-16,18-19,24,26,29-30,33,36,42,45,55H,4-6,8-9,11-14,17,20-23,25,27-28,31-32,34-35,37-41,43-44,46-54H2,1-3H3/b10-7-,18-15-,19-16-,26-24-,30-29-,36-33-,45-42-/t55-/m1/s1. The van der Waals surface area contributed by atoms with E-state index in [-0.39, 0.29) is 25.2 Å². The summed E-state index contributed by atoms with van der Waals surface area (Å²) in [5.74, 6) is -0.502. The van der Waals surface area contributed by atoms with Crippen molar-refractivity contribution >= 4 is 11.9 Å². The Hall–Kier alpha value is -2.92. The zero-order valence-electron chi connectivity index (χ0n) is 40.9. The Bertz CT molecular complexity index is 1160. The highest BCUT2D eigenvalue weighted by molar-refractivity contribution is 5.70. The number of carbonyl (C=O) groups excluding carboxylic acids is 2. The molecule has 0 saturated carbocycles. The Morgan fingerprint density at radius 3 is 1.27 bits per heavy atom. The summed E-state index contributed by atoms with van der Waals surface area (Å²) in [4.78, 5) is 25.3. The molecular weight excluding hydrogens is 765 g/mol. The summed E-state index contributed by atoms with van der Waals surface area (Å²) in [6.45, 7) is 7.60. The Morgan fingerprint density at radius 1 is 0.371 bits per heavy atom. The molecule has 0 aromatic carbocycles. The van der Waals surface area contributed by atoms with Crippen LogP contribution < -0.4 is 0 Å². The fourth-order valence-corrected chi connectivity index (χ4v) is 7.05. The van der Waals surface area contributed by atoms with Gasteiger partial charge in [-0.1, -0.05) is 234 Å². The van der Waals surface area contributed by atoms with Crippen LogP contribution in [-0.4, -0.2) is 37.9 Å². The first-order valence-electron chi connectivity index (χ1n) is 26.1. The van der Waals surface area contributed by atoms with Crippen molar-refractivity contribution in [3.8, 4) is 0 Å². The lowest BCUT2D eigenvalue weighted by atomic mass is 10.0. The van der Waals surface area contributed by atoms with Gasteiger partial charge in [0.15, 0.2) is 6.10 Å². The van der Waals surface area contributed by atoms with Gasteiger partial charge >= 0.3 is 11.9 Å². The highest BCUT2D eigenvalue weighted by Crippen LogP contribution is 2.14. The van der Waals surface area contributed by atoms with Gasteiger partial charge in [0.1, 0.15) is 6.61 Å². The fraction of sp³-hybridized carbons (Fsp3) is 0.719. The average Bonchev–Trinajstić information content (AvgIpc) is 3.27. The van der Waals surface area contributed by atoms with E-state index in [1.807, 2.05) is 6.08 Å². The van der Waals surface area contributed by atoms with Crippen molar-refractivity contribution in [2.75, 3.05) is 19.8 Å². The first-order chi connectivity index (χ1) is 30.6. The number of rotatable bonds is 47. The van der Waals surface area contributed by atoms with Crippen LogP contribution in [0.15, 0.2) is 85.1 Å². The zero-order chi connectivity index (χ0) is 44.9. The molecule has 0 heterocycles. The van der Waals surface area contributed by atoms with Crippen LogP contribution >= 0.6 is 0 Å². The second kappa shape index (κ2) is 52.4. The maximum atomic E-state index is 12.8. The number of unbranched alkanes of at least 4 members (excludes halogenated alkanes) is 22. The number of ether oxygens (including phenoxy) is 3. The van der Waals surface area contributed by atoms with Gasteiger partial charge in [0.2, 0.25) is 0 Å². The molecule has 0 spiro atoms. The van der Waals surface area contributed by atoms with Gasteiger partial charge in [-0.15, -0.1) is 0 Å². The van der Waals surface area contributed by atoms with Gasteiger partial charge in [0, 0.05) is 19.4 Å². The normalized spacial score (nSPS) is 12.9. The summed E-state index contributed by atoms with van der Waals surface area (Å²) >= 11 is 0. The van der Waals surface area contributed by atoms with Crippen molar-refractivity contribution < 1.29 is 23.8 Å². The minimum atomic E-state index is -0.580. The van der Waals surface area contributed by atoms with Crippen molar-refractivity contribution in [3.63, 3.8) is 0 Å². The molecule has 0 aromatic rings. The highest BCUT2D eigenvalue weighted by Gasteiger charge is 2.17. The van der Waals surface area contributed by atoms with Crippen LogP contribution in [0.5, 0.6) is 0 Å². The Morgan fingerprint density at radius 2 is 0.774 bits per heavy atom. The second-order valence-corrected chi connectivity index (χ2v) is 17.0. The van der Waals surface area contributed by atoms with Gasteiger partial charge in [0.05, 0.1) is 6.61 Å². The van der Waals surface area contributed by atoms with Crippen molar-refractivity contribution in [3.05, 3.63) is 85.1 Å². The molecule has 0 amide bonds. The number of esters is 2. The van der Waals surface area contributed by atoms with Crippen LogP contribution in [0.3, 0.4) is 0 Å². The maximum absolute atomic E-state index is 12.8. The van der Waals surface area contributed by atoms with Gasteiger partial charge in [-0.25, -0.2) is 0 Å². The quantitative estimate of drug-likeness (QED) is 0.0346. The summed E-state index contributed by atoms with van der Waals surface area (Å²) in [5, 5.41) is 0. The third-order valence-corrected chi connectivity index (χ3v) is 10.9. The average molecular weight is 863 g/mol. The number of hydrogen-bond donors (Lipinski definition) is 0. The van der Waals surface area contributed by atoms with Crippen molar-refractivity contribution in [2.24, 2.45) is 0 Å². The Kier molecular flexibility index (Phi) is 50.0. The van der Waals surface area contributed by atoms with Gasteiger partial charge in [-0.3, -0.25) is 9.59 Å². The van der Waals surface area contributed by atoms with E-state index in [0.717, 1.165) is 77.0 Å². The molecule has 5 heteroatoms. The van der Waals surface area contributed by atoms with Crippen molar-refractivity contribution in [1.82, 2.24) is 0 Å². The van der Waals surface area contributed by atoms with Crippen LogP contribution in [0.1, 0.15) is 239 Å². The lowest BCUT2D eigenvalue weighted by Crippen LogP contribution is -2.30. The minimum Gasteiger partial charge on any atom is -0.462 e. The summed E-state index contributed by atoms with van der Waals surface area (Å²) in [5.41, 5.74) is 0. The summed E-state index contributed by atoms with van der Waals surface area (Å²) in [6.07, 6.45) is 68.9. The monoisotopic (exact) mass is 863 g/mol. The topological polar surface area (TPSA) is 61.8 Å². The number of hydrogen-bond acceptors (Lipinski definition) is 5. The molecule has 0 aromatic heterocycles. The number of carbonyl (C=O) groups is 2. The van der Waals surface area contributed by atoms with Crippen molar-refractivity contribution in [2.45, 2.75) is 245 Å². The lowest BCUT2D eigenvalue weighted by Gasteiger charge is -2.18. The molecule has 0 saturated heterocycles. The highest BCUT2D eigenvalue weighted by atomic mass is 16.6. The number of allylic oxidation sites excluding steroid dienone is 14. The molecule has 356 valence electrons. The summed E-state index contributed by atoms with van der Waals surface area (Å²) in [7, 11) is 0. The molecule has 0 aliphatic carbocycles. The van der Waals surface area contributed by atoms with E-state index in [1.165, 1.54) is 122 Å². The molecule has 0 unspecified atom stereocenters. The van der Waals surface area contributed by atoms with E-state index < -0.39 is 6.10 Å². The van der Waals surface area contributed by atoms with E-state index >= 15 is 0 Å². The molecule has 0 N–H and O–H groups in total. The first-order valence-corrected chi connectivity index (χ1v) is 26.1. The third-order valence-electron chi connectivity index (χ3n) is 10.9. The molecule has 0 aliphatic rings. The molecule has 0 aliphatic heterocycles. The predicted octanol–water partition coefficient (Wildman–Crippen LogP) is 17.7. The van der Waals surface area contributed by atoms with Crippen LogP contribution in [0.4, 0.5) is 0 Å². The Balaban J connectivity index is 4.38. The largest absolute Gasteiger partial charge is 0.462 e. The van der Waals surface area contributed by atoms with E-state index in [2.05, 4.69) is 99.8 Å². The molecule has 1 atom stereocenters. The molecular formula is C57H98O5. The fourth-order valence-electron chi connectivity index (χ4n) is 7.05. The smallest absolute Gasteiger partial charge is 0.306 e. The van der Waals surface area contributed by atoms with Gasteiger partial charge in [-0.2, -0.15) is 0 Å². The maximum Gasteiger partial charge on any atom is 0.306 e. The van der Waals surface area contributed by atoms with Crippen LogP contribution in [0, 0.1) is 0 Å². The third kappa shape index (κ3) is 49.7. The zero-order valence-corrected chi connectivity index (χ0v) is 40.9. The van der Waals surface area contributed by atoms with E-state index in [1.54, 1.807) is 0 Å². The second-order valence-electron chi connectivity index (χ2n) is 17.0. The minimum absolute atomic E-state index is 0.0494. The van der Waals surface area contributed by atoms with Crippen LogP contribution in [0.25, 0.3) is 0 Å². The molecule has 0 radical (unpaired) electrons. The predicted molar refractivity (Wildman–Crippen MR) is 270 cm³/mol. The molecule has 0 bridgehead atoms. The first kappa shape index (κ1) is 59.1. The van der Waals surface area contributed by atoms with Crippen molar-refractivity contribution in [1.29, 1.82) is 0 Å². The van der Waals surface area contributed by atoms with Crippen LogP contribution in [-0.2, 0) is 23.8 Å². The van der Waals surface area contributed by atoms with E-state index in [4.69, 9.17) is 14.2 Å². The summed E-state index contributed by atoms with van der Waals surface area (Å²) < 4.78 is 17.3. The van der Waals surface area contributed by atoms with Gasteiger partial charge < -0.3 is 14.2 Å². The van der Waals surface area contributed by atoms with E-state index in [0.29, 0.717) is 25.9 Å². The van der Waals surface area contributed by atoms with Gasteiger partial charge in [0.25, 0.3) is 0 Å².